The lowest BCUT2D eigenvalue weighted by Crippen LogP contribution is -2.39. The second-order valence-electron chi connectivity index (χ2n) is 8.80. The first kappa shape index (κ1) is 27.2. The molecule has 11 heteroatoms. The third-order valence-corrected chi connectivity index (χ3v) is 9.64. The Bertz CT molecular complexity index is 1370. The molecular weight excluding hydrogens is 516 g/mol. The van der Waals surface area contributed by atoms with Crippen LogP contribution in [0.5, 0.6) is 5.75 Å². The van der Waals surface area contributed by atoms with Crippen LogP contribution in [0.1, 0.15) is 37.0 Å². The smallest absolute Gasteiger partial charge is 0.338 e. The molecule has 0 radical (unpaired) electrons. The van der Waals surface area contributed by atoms with Gasteiger partial charge in [-0.05, 0) is 55.8 Å². The highest BCUT2D eigenvalue weighted by Crippen LogP contribution is 2.44. The fourth-order valence-electron chi connectivity index (χ4n) is 4.15. The number of ether oxygens (including phenoxy) is 2. The standard InChI is InChI=1S/C26H32N2O7S2/c1-3-5-14-35-20-7-9-21(10-8-20)37(32,33)24-18-27-23-11-6-19(26(29)34-4-2)17-22(23)25(24)28-12-15-36(30,31)16-13-28/h6-11,17-18,30-31H,3-5,12-16H2,1-2H3. The van der Waals surface area contributed by atoms with E-state index in [0.717, 1.165) is 12.8 Å². The van der Waals surface area contributed by atoms with Crippen molar-refractivity contribution in [2.24, 2.45) is 0 Å². The number of benzene rings is 2. The number of nitrogens with zero attached hydrogens (tertiary/aromatic N) is 2. The van der Waals surface area contributed by atoms with Gasteiger partial charge in [0.05, 0.1) is 46.4 Å². The molecule has 0 bridgehead atoms. The van der Waals surface area contributed by atoms with E-state index >= 15 is 0 Å². The van der Waals surface area contributed by atoms with E-state index in [4.69, 9.17) is 9.47 Å². The van der Waals surface area contributed by atoms with Gasteiger partial charge in [0.15, 0.2) is 0 Å². The van der Waals surface area contributed by atoms with Crippen LogP contribution in [-0.2, 0) is 14.6 Å². The monoisotopic (exact) mass is 548 g/mol. The van der Waals surface area contributed by atoms with E-state index in [1.54, 1.807) is 37.3 Å². The molecule has 1 aliphatic rings. The third kappa shape index (κ3) is 6.01. The average Bonchev–Trinajstić information content (AvgIpc) is 2.88. The predicted octanol–water partition coefficient (Wildman–Crippen LogP) is 4.99. The highest BCUT2D eigenvalue weighted by Gasteiger charge is 2.31. The number of anilines is 1. The van der Waals surface area contributed by atoms with Crippen molar-refractivity contribution in [1.82, 2.24) is 4.98 Å². The highest BCUT2D eigenvalue weighted by molar-refractivity contribution is 8.24. The van der Waals surface area contributed by atoms with Crippen LogP contribution >= 0.6 is 10.6 Å². The first-order valence-corrected chi connectivity index (χ1v) is 15.6. The molecule has 1 saturated heterocycles. The topological polar surface area (TPSA) is 126 Å². The van der Waals surface area contributed by atoms with E-state index in [-0.39, 0.29) is 46.6 Å². The van der Waals surface area contributed by atoms with Gasteiger partial charge in [-0.3, -0.25) is 14.1 Å². The molecule has 0 spiro atoms. The predicted molar refractivity (Wildman–Crippen MR) is 145 cm³/mol. The van der Waals surface area contributed by atoms with Gasteiger partial charge >= 0.3 is 5.97 Å². The molecule has 1 aliphatic heterocycles. The van der Waals surface area contributed by atoms with Crippen LogP contribution < -0.4 is 9.64 Å². The van der Waals surface area contributed by atoms with E-state index < -0.39 is 26.4 Å². The molecule has 1 aromatic heterocycles. The third-order valence-electron chi connectivity index (χ3n) is 6.20. The molecule has 2 aromatic carbocycles. The molecule has 37 heavy (non-hydrogen) atoms. The molecular formula is C26H32N2O7S2. The van der Waals surface area contributed by atoms with Gasteiger partial charge in [-0.1, -0.05) is 13.3 Å². The first-order chi connectivity index (χ1) is 17.7. The van der Waals surface area contributed by atoms with Crippen molar-refractivity contribution in [3.8, 4) is 5.75 Å². The van der Waals surface area contributed by atoms with Crippen molar-refractivity contribution >= 4 is 43.0 Å². The molecule has 9 nitrogen and oxygen atoms in total. The van der Waals surface area contributed by atoms with E-state index in [1.807, 2.05) is 4.90 Å². The second kappa shape index (κ2) is 11.3. The summed E-state index contributed by atoms with van der Waals surface area (Å²) in [5.74, 6) is 0.315. The van der Waals surface area contributed by atoms with E-state index in [0.29, 0.717) is 28.9 Å². The summed E-state index contributed by atoms with van der Waals surface area (Å²) in [6, 6.07) is 11.1. The van der Waals surface area contributed by atoms with E-state index in [9.17, 15) is 22.3 Å². The fraction of sp³-hybridized carbons (Fsp3) is 0.385. The first-order valence-electron chi connectivity index (χ1n) is 12.2. The van der Waals surface area contributed by atoms with Crippen molar-refractivity contribution in [3.63, 3.8) is 0 Å². The largest absolute Gasteiger partial charge is 0.494 e. The summed E-state index contributed by atoms with van der Waals surface area (Å²) in [6.07, 6.45) is 3.23. The lowest BCUT2D eigenvalue weighted by molar-refractivity contribution is 0.0526. The Balaban J connectivity index is 1.82. The zero-order chi connectivity index (χ0) is 26.6. The van der Waals surface area contributed by atoms with Crippen molar-refractivity contribution in [1.29, 1.82) is 0 Å². The number of carbonyl (C=O) groups excluding carboxylic acids is 1. The number of pyridine rings is 1. The number of fused-ring (bicyclic) bond motifs is 1. The van der Waals surface area contributed by atoms with Crippen LogP contribution in [0.25, 0.3) is 10.9 Å². The van der Waals surface area contributed by atoms with Gasteiger partial charge in [0.1, 0.15) is 10.6 Å². The summed E-state index contributed by atoms with van der Waals surface area (Å²) in [4.78, 5) is 18.7. The summed E-state index contributed by atoms with van der Waals surface area (Å²) in [5, 5.41) is 0.476. The number of hydrogen-bond donors (Lipinski definition) is 2. The molecule has 1 fully saturated rings. The van der Waals surface area contributed by atoms with Crippen LogP contribution in [0.2, 0.25) is 0 Å². The zero-order valence-corrected chi connectivity index (χ0v) is 22.6. The second-order valence-corrected chi connectivity index (χ2v) is 13.1. The lowest BCUT2D eigenvalue weighted by Gasteiger charge is -2.42. The maximum Gasteiger partial charge on any atom is 0.338 e. The molecule has 3 aromatic rings. The summed E-state index contributed by atoms with van der Waals surface area (Å²) in [5.41, 5.74) is 1.18. The van der Waals surface area contributed by atoms with Crippen LogP contribution in [0.3, 0.4) is 0 Å². The van der Waals surface area contributed by atoms with Gasteiger partial charge in [-0.25, -0.2) is 13.2 Å². The molecule has 2 heterocycles. The Labute approximate surface area is 218 Å². The number of hydrogen-bond acceptors (Lipinski definition) is 9. The minimum Gasteiger partial charge on any atom is -0.494 e. The normalized spacial score (nSPS) is 16.4. The Hall–Kier alpha value is -2.86. The maximum absolute atomic E-state index is 13.9. The van der Waals surface area contributed by atoms with Gasteiger partial charge in [0.2, 0.25) is 9.84 Å². The van der Waals surface area contributed by atoms with Crippen molar-refractivity contribution < 1.29 is 31.8 Å². The average molecular weight is 549 g/mol. The molecule has 0 aliphatic carbocycles. The van der Waals surface area contributed by atoms with E-state index in [2.05, 4.69) is 11.9 Å². The molecule has 2 N–H and O–H groups in total. The number of esters is 1. The summed E-state index contributed by atoms with van der Waals surface area (Å²) in [6.45, 7) is 5.03. The Morgan fingerprint density at radius 1 is 1.08 bits per heavy atom. The Morgan fingerprint density at radius 2 is 1.78 bits per heavy atom. The summed E-state index contributed by atoms with van der Waals surface area (Å²) in [7, 11) is -6.73. The Morgan fingerprint density at radius 3 is 2.43 bits per heavy atom. The quantitative estimate of drug-likeness (QED) is 0.281. The minimum atomic E-state index is -4.02. The maximum atomic E-state index is 13.9. The van der Waals surface area contributed by atoms with Crippen molar-refractivity contribution in [2.45, 2.75) is 36.5 Å². The number of unbranched alkanes of at least 4 members (excludes halogenated alkanes) is 1. The zero-order valence-electron chi connectivity index (χ0n) is 20.9. The number of carbonyl (C=O) groups is 1. The SMILES string of the molecule is CCCCOc1ccc(S(=O)(=O)c2cnc3ccc(C(=O)OCC)cc3c2N2CCS(O)(O)CC2)cc1. The van der Waals surface area contributed by atoms with Crippen molar-refractivity contribution in [3.05, 3.63) is 54.2 Å². The number of aromatic nitrogens is 1. The summed E-state index contributed by atoms with van der Waals surface area (Å²) < 4.78 is 58.8. The van der Waals surface area contributed by atoms with E-state index in [1.165, 1.54) is 18.3 Å². The van der Waals surface area contributed by atoms with Crippen molar-refractivity contribution in [2.75, 3.05) is 42.7 Å². The molecule has 0 amide bonds. The van der Waals surface area contributed by atoms with Crippen LogP contribution in [-0.4, -0.2) is 66.3 Å². The van der Waals surface area contributed by atoms with Gasteiger partial charge in [-0.15, -0.1) is 0 Å². The van der Waals surface area contributed by atoms with Gasteiger partial charge in [-0.2, -0.15) is 10.6 Å². The molecule has 0 atom stereocenters. The van der Waals surface area contributed by atoms with Gasteiger partial charge in [0, 0.05) is 24.7 Å². The van der Waals surface area contributed by atoms with Crippen LogP contribution in [0.4, 0.5) is 5.69 Å². The molecule has 0 saturated carbocycles. The fourth-order valence-corrected chi connectivity index (χ4v) is 6.81. The molecule has 4 rings (SSSR count). The molecule has 0 unspecified atom stereocenters. The Kier molecular flexibility index (Phi) is 8.27. The molecule has 200 valence electrons. The highest BCUT2D eigenvalue weighted by atomic mass is 32.3. The van der Waals surface area contributed by atoms with Crippen LogP contribution in [0.15, 0.2) is 58.5 Å². The lowest BCUT2D eigenvalue weighted by atomic mass is 10.1. The van der Waals surface area contributed by atoms with Crippen LogP contribution in [0, 0.1) is 0 Å². The number of sulfone groups is 1. The number of rotatable bonds is 9. The van der Waals surface area contributed by atoms with Gasteiger partial charge < -0.3 is 14.4 Å². The summed E-state index contributed by atoms with van der Waals surface area (Å²) >= 11 is 0. The van der Waals surface area contributed by atoms with Gasteiger partial charge in [0.25, 0.3) is 0 Å². The minimum absolute atomic E-state index is 0.0148.